The molecule has 0 aromatic rings. The number of nitrogens with one attached hydrogen (secondary N) is 1. The average molecular weight is 156 g/mol. The van der Waals surface area contributed by atoms with Crippen LogP contribution in [0, 0.1) is 24.7 Å². The van der Waals surface area contributed by atoms with Crippen molar-refractivity contribution in [3.63, 3.8) is 0 Å². The number of halogens is 1. The third-order valence-corrected chi connectivity index (χ3v) is 1.55. The Bertz CT molecular complexity index is 155. The van der Waals surface area contributed by atoms with E-state index >= 15 is 0 Å². The Labute approximate surface area is 68.0 Å². The van der Waals surface area contributed by atoms with Crippen LogP contribution in [0.25, 0.3) is 0 Å². The lowest BCUT2D eigenvalue weighted by atomic mass is 10.2. The summed E-state index contributed by atoms with van der Waals surface area (Å²) in [5.74, 6) is 5.24. The molecule has 0 radical (unpaired) electrons. The maximum atomic E-state index is 5.17. The fraction of sp³-hybridized carbons (Fsp3) is 0.500. The van der Waals surface area contributed by atoms with Crippen molar-refractivity contribution in [1.29, 1.82) is 0 Å². The van der Waals surface area contributed by atoms with Gasteiger partial charge in [-0.15, -0.1) is 25.3 Å². The normalized spacial score (nSPS) is 29.8. The Morgan fingerprint density at radius 2 is 1.50 bits per heavy atom. The lowest BCUT2D eigenvalue weighted by Crippen LogP contribution is -2.26. The third-order valence-electron chi connectivity index (χ3n) is 1.55. The summed E-state index contributed by atoms with van der Waals surface area (Å²) in [6, 6.07) is 0.428. The molecule has 1 N–H and O–H groups in total. The Hall–Kier alpha value is -0.630. The van der Waals surface area contributed by atoms with Gasteiger partial charge in [0.2, 0.25) is 0 Å². The van der Waals surface area contributed by atoms with Crippen LogP contribution in [-0.2, 0) is 0 Å². The van der Waals surface area contributed by atoms with Crippen molar-refractivity contribution < 1.29 is 0 Å². The summed E-state index contributed by atoms with van der Waals surface area (Å²) in [7, 11) is 0. The van der Waals surface area contributed by atoms with Gasteiger partial charge in [0, 0.05) is 0 Å². The van der Waals surface area contributed by atoms with E-state index < -0.39 is 0 Å². The Morgan fingerprint density at radius 3 is 1.70 bits per heavy atom. The highest BCUT2D eigenvalue weighted by Gasteiger charge is 2.18. The molecule has 54 valence electrons. The van der Waals surface area contributed by atoms with Crippen molar-refractivity contribution >= 4 is 12.4 Å². The quantitative estimate of drug-likeness (QED) is 0.511. The second-order valence-electron chi connectivity index (χ2n) is 2.18. The first kappa shape index (κ1) is 9.37. The van der Waals surface area contributed by atoms with Gasteiger partial charge < -0.3 is 0 Å². The van der Waals surface area contributed by atoms with Crippen molar-refractivity contribution in [1.82, 2.24) is 5.32 Å². The van der Waals surface area contributed by atoms with Gasteiger partial charge in [-0.3, -0.25) is 5.32 Å². The molecule has 0 aliphatic carbocycles. The van der Waals surface area contributed by atoms with E-state index in [1.54, 1.807) is 0 Å². The van der Waals surface area contributed by atoms with Crippen molar-refractivity contribution in [2.45, 2.75) is 24.9 Å². The van der Waals surface area contributed by atoms with Crippen LogP contribution in [0.3, 0.4) is 0 Å². The number of terminal acetylenes is 2. The molecule has 1 fully saturated rings. The maximum Gasteiger partial charge on any atom is 0.0697 e. The SMILES string of the molecule is C#C[C@H]1CC[C@H](C#C)N1.Cl. The Morgan fingerprint density at radius 1 is 1.10 bits per heavy atom. The van der Waals surface area contributed by atoms with E-state index in [-0.39, 0.29) is 24.5 Å². The minimum absolute atomic E-state index is 0. The summed E-state index contributed by atoms with van der Waals surface area (Å²) in [4.78, 5) is 0. The molecule has 0 aromatic carbocycles. The van der Waals surface area contributed by atoms with Gasteiger partial charge in [0.15, 0.2) is 0 Å². The molecule has 1 aliphatic heterocycles. The summed E-state index contributed by atoms with van der Waals surface area (Å²) in [6.45, 7) is 0. The highest BCUT2D eigenvalue weighted by Crippen LogP contribution is 2.09. The summed E-state index contributed by atoms with van der Waals surface area (Å²) in [5.41, 5.74) is 0. The fourth-order valence-electron chi connectivity index (χ4n) is 1.01. The molecule has 0 spiro atoms. The summed E-state index contributed by atoms with van der Waals surface area (Å²) >= 11 is 0. The van der Waals surface area contributed by atoms with E-state index in [0.717, 1.165) is 12.8 Å². The second-order valence-corrected chi connectivity index (χ2v) is 2.18. The minimum Gasteiger partial charge on any atom is -0.290 e. The van der Waals surface area contributed by atoms with E-state index in [4.69, 9.17) is 12.8 Å². The van der Waals surface area contributed by atoms with E-state index in [1.165, 1.54) is 0 Å². The molecule has 1 nitrogen and oxygen atoms in total. The highest BCUT2D eigenvalue weighted by molar-refractivity contribution is 5.85. The molecule has 2 atom stereocenters. The first-order valence-corrected chi connectivity index (χ1v) is 3.05. The first-order chi connectivity index (χ1) is 4.36. The van der Waals surface area contributed by atoms with E-state index in [9.17, 15) is 0 Å². The van der Waals surface area contributed by atoms with Crippen LogP contribution in [0.5, 0.6) is 0 Å². The molecule has 1 rings (SSSR count). The molecule has 0 saturated carbocycles. The zero-order valence-corrected chi connectivity index (χ0v) is 6.45. The lowest BCUT2D eigenvalue weighted by Gasteiger charge is -2.00. The van der Waals surface area contributed by atoms with Crippen molar-refractivity contribution in [3.05, 3.63) is 0 Å². The van der Waals surface area contributed by atoms with Gasteiger partial charge in [0.1, 0.15) is 0 Å². The first-order valence-electron chi connectivity index (χ1n) is 3.05. The van der Waals surface area contributed by atoms with Crippen LogP contribution < -0.4 is 5.32 Å². The molecule has 0 unspecified atom stereocenters. The zero-order valence-electron chi connectivity index (χ0n) is 5.63. The Balaban J connectivity index is 0.000000810. The maximum absolute atomic E-state index is 5.17. The monoisotopic (exact) mass is 155 g/mol. The van der Waals surface area contributed by atoms with Crippen LogP contribution in [0.1, 0.15) is 12.8 Å². The van der Waals surface area contributed by atoms with E-state index in [0.29, 0.717) is 0 Å². The second kappa shape index (κ2) is 4.23. The fourth-order valence-corrected chi connectivity index (χ4v) is 1.01. The molecular formula is C8H10ClN. The standard InChI is InChI=1S/C8H9N.ClH/c1-3-7-5-6-8(4-2)9-7;/h1-2,7-9H,5-6H2;1H/t7-,8-;/m0./s1. The summed E-state index contributed by atoms with van der Waals surface area (Å²) in [6.07, 6.45) is 12.4. The lowest BCUT2D eigenvalue weighted by molar-refractivity contribution is 0.697. The van der Waals surface area contributed by atoms with Gasteiger partial charge >= 0.3 is 0 Å². The van der Waals surface area contributed by atoms with E-state index in [2.05, 4.69) is 17.2 Å². The van der Waals surface area contributed by atoms with Crippen LogP contribution in [0.4, 0.5) is 0 Å². The largest absolute Gasteiger partial charge is 0.290 e. The molecule has 1 heterocycles. The molecule has 0 bridgehead atoms. The van der Waals surface area contributed by atoms with Crippen molar-refractivity contribution in [2.75, 3.05) is 0 Å². The number of hydrogen-bond donors (Lipinski definition) is 1. The van der Waals surface area contributed by atoms with Crippen LogP contribution in [0.2, 0.25) is 0 Å². The van der Waals surface area contributed by atoms with Crippen molar-refractivity contribution in [3.8, 4) is 24.7 Å². The highest BCUT2D eigenvalue weighted by atomic mass is 35.5. The van der Waals surface area contributed by atoms with Crippen molar-refractivity contribution in [2.24, 2.45) is 0 Å². The van der Waals surface area contributed by atoms with Gasteiger partial charge in [-0.2, -0.15) is 0 Å². The van der Waals surface area contributed by atoms with Gasteiger partial charge in [-0.05, 0) is 12.8 Å². The number of hydrogen-bond acceptors (Lipinski definition) is 1. The number of rotatable bonds is 0. The Kier molecular flexibility index (Phi) is 3.96. The topological polar surface area (TPSA) is 12.0 Å². The summed E-state index contributed by atoms with van der Waals surface area (Å²) in [5, 5.41) is 3.12. The molecule has 0 amide bonds. The third kappa shape index (κ3) is 1.95. The molecular weight excluding hydrogens is 146 g/mol. The predicted octanol–water partition coefficient (Wildman–Crippen LogP) is 0.795. The average Bonchev–Trinajstić information content (AvgIpc) is 2.34. The minimum atomic E-state index is 0. The zero-order chi connectivity index (χ0) is 6.69. The van der Waals surface area contributed by atoms with Gasteiger partial charge in [-0.25, -0.2) is 0 Å². The van der Waals surface area contributed by atoms with Gasteiger partial charge in [-0.1, -0.05) is 11.8 Å². The molecule has 10 heavy (non-hydrogen) atoms. The molecule has 1 saturated heterocycles. The van der Waals surface area contributed by atoms with E-state index in [1.807, 2.05) is 0 Å². The molecule has 0 aromatic heterocycles. The summed E-state index contributed by atoms with van der Waals surface area (Å²) < 4.78 is 0. The predicted molar refractivity (Wildman–Crippen MR) is 44.9 cm³/mol. The molecule has 2 heteroatoms. The van der Waals surface area contributed by atoms with Crippen LogP contribution in [-0.4, -0.2) is 12.1 Å². The smallest absolute Gasteiger partial charge is 0.0697 e. The molecule has 1 aliphatic rings. The van der Waals surface area contributed by atoms with Crippen LogP contribution in [0.15, 0.2) is 0 Å². The van der Waals surface area contributed by atoms with Crippen LogP contribution >= 0.6 is 12.4 Å². The van der Waals surface area contributed by atoms with Gasteiger partial charge in [0.05, 0.1) is 12.1 Å². The van der Waals surface area contributed by atoms with Gasteiger partial charge in [0.25, 0.3) is 0 Å².